The molecule has 0 spiro atoms. The Morgan fingerprint density at radius 3 is 1.34 bits per heavy atom. The molecule has 0 aliphatic heterocycles. The summed E-state index contributed by atoms with van der Waals surface area (Å²) in [5.74, 6) is 0. The Balaban J connectivity index is 1.22. The fourth-order valence-electron chi connectivity index (χ4n) is 9.84. The molecule has 12 rings (SSSR count). The third-order valence-electron chi connectivity index (χ3n) is 12.5. The van der Waals surface area contributed by atoms with Gasteiger partial charge in [0.05, 0.1) is 0 Å². The average molecular weight is 787 g/mol. The molecule has 0 aromatic heterocycles. The van der Waals surface area contributed by atoms with Crippen LogP contribution < -0.4 is 10.4 Å². The van der Waals surface area contributed by atoms with E-state index in [1.54, 1.807) is 0 Å². The van der Waals surface area contributed by atoms with Crippen molar-refractivity contribution in [2.45, 2.75) is 0 Å². The van der Waals surface area contributed by atoms with Crippen molar-refractivity contribution in [2.24, 2.45) is 0 Å². The summed E-state index contributed by atoms with van der Waals surface area (Å²) in [5.41, 5.74) is 9.92. The summed E-state index contributed by atoms with van der Waals surface area (Å²) in [5, 5.41) is 17.8. The molecule has 0 nitrogen and oxygen atoms in total. The van der Waals surface area contributed by atoms with Crippen molar-refractivity contribution in [1.82, 2.24) is 0 Å². The van der Waals surface area contributed by atoms with Crippen LogP contribution in [0.3, 0.4) is 0 Å². The van der Waals surface area contributed by atoms with Crippen molar-refractivity contribution in [1.29, 1.82) is 0 Å². The number of fused-ring (bicyclic) bond motifs is 7. The van der Waals surface area contributed by atoms with Crippen LogP contribution in [0.2, 0.25) is 0 Å². The molecule has 2 radical (unpaired) electrons. The van der Waals surface area contributed by atoms with Crippen molar-refractivity contribution in [3.63, 3.8) is 0 Å². The quantitative estimate of drug-likeness (QED) is 0.0895. The first-order chi connectivity index (χ1) is 30.2. The molecule has 0 fully saturated rings. The Hall–Kier alpha value is -7.58. The lowest BCUT2D eigenvalue weighted by molar-refractivity contribution is 1.61. The molecule has 1 heteroatoms. The van der Waals surface area contributed by atoms with Crippen LogP contribution in [0.5, 0.6) is 0 Å². The van der Waals surface area contributed by atoms with E-state index in [0.717, 1.165) is 0 Å². The van der Waals surface area contributed by atoms with E-state index in [4.69, 9.17) is 0 Å². The Kier molecular flexibility index (Phi) is 8.47. The van der Waals surface area contributed by atoms with E-state index in [0.29, 0.717) is 9.52 Å². The van der Waals surface area contributed by atoms with Crippen LogP contribution in [0, 0.1) is 0 Å². The zero-order chi connectivity index (χ0) is 40.3. The van der Waals surface area contributed by atoms with Crippen molar-refractivity contribution in [2.75, 3.05) is 0 Å². The zero-order valence-electron chi connectivity index (χ0n) is 33.4. The predicted octanol–water partition coefficient (Wildman–Crippen LogP) is 14.9. The largest absolute Gasteiger partial charge is 0.121 e. The van der Waals surface area contributed by atoms with Crippen LogP contribution >= 0.6 is 0 Å². The van der Waals surface area contributed by atoms with Gasteiger partial charge in [-0.2, -0.15) is 0 Å². The van der Waals surface area contributed by atoms with Crippen LogP contribution in [0.15, 0.2) is 231 Å². The van der Waals surface area contributed by atoms with Crippen LogP contribution in [-0.2, 0) is 0 Å². The van der Waals surface area contributed by atoms with Gasteiger partial charge in [-0.1, -0.05) is 217 Å². The molecule has 0 saturated carbocycles. The van der Waals surface area contributed by atoms with Gasteiger partial charge < -0.3 is 0 Å². The Morgan fingerprint density at radius 2 is 0.689 bits per heavy atom. The highest BCUT2D eigenvalue weighted by atomic mass is 28.2. The molecule has 0 saturated heterocycles. The lowest BCUT2D eigenvalue weighted by Crippen LogP contribution is -2.26. The highest BCUT2D eigenvalue weighted by molar-refractivity contribution is 6.67. The Bertz CT molecular complexity index is 3570. The van der Waals surface area contributed by atoms with Crippen molar-refractivity contribution in [3.05, 3.63) is 231 Å². The minimum atomic E-state index is 0.534. The zero-order valence-corrected chi connectivity index (χ0v) is 34.4. The lowest BCUT2D eigenvalue weighted by atomic mass is 9.82. The second-order valence-electron chi connectivity index (χ2n) is 16.1. The van der Waals surface area contributed by atoms with E-state index in [9.17, 15) is 0 Å². The summed E-state index contributed by atoms with van der Waals surface area (Å²) in [6.45, 7) is 0. The third-order valence-corrected chi connectivity index (χ3v) is 13.8. The van der Waals surface area contributed by atoms with Crippen LogP contribution in [0.4, 0.5) is 0 Å². The fraction of sp³-hybridized carbons (Fsp3) is 0. The molecule has 0 unspecified atom stereocenters. The van der Waals surface area contributed by atoms with E-state index < -0.39 is 0 Å². The smallest absolute Gasteiger partial charge is 0.0631 e. The second-order valence-corrected chi connectivity index (χ2v) is 17.5. The topological polar surface area (TPSA) is 0 Å². The molecular formula is C60H38Si. The molecule has 0 aliphatic rings. The molecule has 0 N–H and O–H groups in total. The maximum Gasteiger partial charge on any atom is 0.121 e. The highest BCUT2D eigenvalue weighted by Crippen LogP contribution is 2.48. The first-order valence-corrected chi connectivity index (χ1v) is 22.1. The predicted molar refractivity (Wildman–Crippen MR) is 265 cm³/mol. The first-order valence-electron chi connectivity index (χ1n) is 21.1. The molecular weight excluding hydrogens is 749 g/mol. The van der Waals surface area contributed by atoms with Crippen molar-refractivity contribution in [3.8, 4) is 44.5 Å². The van der Waals surface area contributed by atoms with Crippen molar-refractivity contribution < 1.29 is 0 Å². The SMILES string of the molecule is c1ccc([Si]c2ccc3c(-c4cc5ccccc5c5ccccc45)c4ccccc4c(-c4cc(-c5cccc6ccccc56)cc(-c5cccc6ccccc56)c4)c3c2)cc1. The summed E-state index contributed by atoms with van der Waals surface area (Å²) in [6.07, 6.45) is 0. The standard InChI is InChI=1S/C60H38Si/c1-2-21-45(22-3-1)61-46-32-33-56-58(38-46)59(54-28-12-13-29-55(54)60(56)57-37-41-18-6-9-25-49(41)52-26-10-11-27-53(52)57)44-35-42(50-30-14-19-39-16-4-7-23-47(39)50)34-43(36-44)51-31-15-20-40-17-5-8-24-48(40)51/h1-38H. The van der Waals surface area contributed by atoms with Gasteiger partial charge >= 0.3 is 0 Å². The van der Waals surface area contributed by atoms with E-state index in [2.05, 4.69) is 231 Å². The summed E-state index contributed by atoms with van der Waals surface area (Å²) >= 11 is 0. The van der Waals surface area contributed by atoms with Gasteiger partial charge in [0.2, 0.25) is 0 Å². The molecule has 0 aliphatic carbocycles. The van der Waals surface area contributed by atoms with Gasteiger partial charge in [0.1, 0.15) is 9.52 Å². The number of hydrogen-bond donors (Lipinski definition) is 0. The fourth-order valence-corrected chi connectivity index (χ4v) is 10.9. The van der Waals surface area contributed by atoms with Gasteiger partial charge in [-0.25, -0.2) is 0 Å². The van der Waals surface area contributed by atoms with E-state index in [1.165, 1.54) is 120 Å². The second kappa shape index (κ2) is 14.6. The average Bonchev–Trinajstić information content (AvgIpc) is 3.33. The summed E-state index contributed by atoms with van der Waals surface area (Å²) in [7, 11) is 0.534. The minimum Gasteiger partial charge on any atom is -0.0631 e. The monoisotopic (exact) mass is 786 g/mol. The molecule has 0 atom stereocenters. The van der Waals surface area contributed by atoms with Gasteiger partial charge in [-0.15, -0.1) is 0 Å². The van der Waals surface area contributed by atoms with Crippen LogP contribution in [-0.4, -0.2) is 9.52 Å². The van der Waals surface area contributed by atoms with Gasteiger partial charge in [0.15, 0.2) is 0 Å². The van der Waals surface area contributed by atoms with E-state index >= 15 is 0 Å². The van der Waals surface area contributed by atoms with Gasteiger partial charge in [0.25, 0.3) is 0 Å². The van der Waals surface area contributed by atoms with Crippen LogP contribution in [0.25, 0.3) is 109 Å². The van der Waals surface area contributed by atoms with E-state index in [-0.39, 0.29) is 0 Å². The molecule has 12 aromatic carbocycles. The Morgan fingerprint density at radius 1 is 0.213 bits per heavy atom. The van der Waals surface area contributed by atoms with Gasteiger partial charge in [-0.3, -0.25) is 0 Å². The highest BCUT2D eigenvalue weighted by Gasteiger charge is 2.21. The first kappa shape index (κ1) is 35.4. The summed E-state index contributed by atoms with van der Waals surface area (Å²) in [6, 6.07) is 85.8. The Labute approximate surface area is 357 Å². The summed E-state index contributed by atoms with van der Waals surface area (Å²) in [4.78, 5) is 0. The normalized spacial score (nSPS) is 11.7. The third kappa shape index (κ3) is 6.05. The van der Waals surface area contributed by atoms with Crippen LogP contribution in [0.1, 0.15) is 0 Å². The molecule has 61 heavy (non-hydrogen) atoms. The maximum absolute atomic E-state index is 2.50. The number of hydrogen-bond acceptors (Lipinski definition) is 0. The molecule has 282 valence electrons. The van der Waals surface area contributed by atoms with Gasteiger partial charge in [0, 0.05) is 0 Å². The van der Waals surface area contributed by atoms with Gasteiger partial charge in [-0.05, 0) is 133 Å². The number of benzene rings is 12. The molecule has 12 aromatic rings. The van der Waals surface area contributed by atoms with E-state index in [1.807, 2.05) is 0 Å². The molecule has 0 heterocycles. The molecule has 0 amide bonds. The lowest BCUT2D eigenvalue weighted by Gasteiger charge is -2.21. The molecule has 0 bridgehead atoms. The maximum atomic E-state index is 2.50. The summed E-state index contributed by atoms with van der Waals surface area (Å²) < 4.78 is 0. The van der Waals surface area contributed by atoms with Crippen molar-refractivity contribution >= 4 is 84.5 Å². The number of rotatable bonds is 6. The minimum absolute atomic E-state index is 0.534.